The molecule has 232 valence electrons. The van der Waals surface area contributed by atoms with Gasteiger partial charge in [0.15, 0.2) is 0 Å². The fourth-order valence-electron chi connectivity index (χ4n) is 5.48. The highest BCUT2D eigenvalue weighted by molar-refractivity contribution is 5.84. The Bertz CT molecular complexity index is 1570. The van der Waals surface area contributed by atoms with Gasteiger partial charge >= 0.3 is 12.1 Å². The smallest absolute Gasteiger partial charge is 0.408 e. The van der Waals surface area contributed by atoms with Gasteiger partial charge in [-0.1, -0.05) is 66.7 Å². The van der Waals surface area contributed by atoms with Crippen LogP contribution in [0.15, 0.2) is 101 Å². The van der Waals surface area contributed by atoms with Gasteiger partial charge in [-0.3, -0.25) is 5.01 Å². The molecule has 10 heteroatoms. The van der Waals surface area contributed by atoms with E-state index in [0.29, 0.717) is 19.4 Å². The molecular weight excluding hydrogens is 570 g/mol. The Labute approximate surface area is 262 Å². The summed E-state index contributed by atoms with van der Waals surface area (Å²) in [5, 5.41) is 12.4. The van der Waals surface area contributed by atoms with Gasteiger partial charge in [0.25, 0.3) is 0 Å². The standard InChI is InChI=1S/C35H37N5O5/c41-34(44-23-25-8-3-1-4-9-25)31(39-35(42)45-24-26-10-5-2-6-11-26)22-40-32-16-15-30(20-28(32)21-37-40)43-19-17-29-14-13-27-12-7-18-36-33(27)38-29/h1-6,8-11,13-15,20-21,31-32H,7,12,16-19,22-24H2,(H,36,38)(H,39,42). The van der Waals surface area contributed by atoms with Gasteiger partial charge in [0.2, 0.25) is 0 Å². The van der Waals surface area contributed by atoms with E-state index < -0.39 is 18.1 Å². The lowest BCUT2D eigenvalue weighted by atomic mass is 9.99. The third-order valence-corrected chi connectivity index (χ3v) is 7.91. The van der Waals surface area contributed by atoms with Crippen molar-refractivity contribution in [3.63, 3.8) is 0 Å². The van der Waals surface area contributed by atoms with E-state index in [1.165, 1.54) is 5.56 Å². The largest absolute Gasteiger partial charge is 0.494 e. The van der Waals surface area contributed by atoms with E-state index in [1.54, 1.807) is 11.2 Å². The fraction of sp³-hybridized carbons (Fsp3) is 0.314. The van der Waals surface area contributed by atoms with Crippen LogP contribution in [0.1, 0.15) is 35.2 Å². The molecule has 2 aliphatic heterocycles. The van der Waals surface area contributed by atoms with Crippen LogP contribution in [-0.2, 0) is 45.1 Å². The fourth-order valence-corrected chi connectivity index (χ4v) is 5.48. The van der Waals surface area contributed by atoms with Crippen LogP contribution < -0.4 is 10.6 Å². The number of benzene rings is 2. The zero-order chi connectivity index (χ0) is 30.8. The summed E-state index contributed by atoms with van der Waals surface area (Å²) in [5.41, 5.74) is 4.94. The molecule has 0 bridgehead atoms. The number of hydrazone groups is 1. The van der Waals surface area contributed by atoms with E-state index in [9.17, 15) is 9.59 Å². The molecule has 2 atom stereocenters. The number of pyridine rings is 1. The van der Waals surface area contributed by atoms with Crippen molar-refractivity contribution in [3.05, 3.63) is 119 Å². The molecule has 3 aromatic rings. The molecule has 1 aliphatic carbocycles. The number of alkyl carbamates (subject to hydrolysis) is 1. The summed E-state index contributed by atoms with van der Waals surface area (Å²) in [6.45, 7) is 1.77. The number of hydrogen-bond donors (Lipinski definition) is 2. The number of anilines is 1. The predicted octanol–water partition coefficient (Wildman–Crippen LogP) is 4.92. The number of nitrogens with zero attached hydrogens (tertiary/aromatic N) is 3. The van der Waals surface area contributed by atoms with Crippen LogP contribution in [0.3, 0.4) is 0 Å². The first-order valence-electron chi connectivity index (χ1n) is 15.4. The Morgan fingerprint density at radius 2 is 1.73 bits per heavy atom. The number of nitrogens with one attached hydrogen (secondary N) is 2. The molecule has 2 aromatic carbocycles. The first-order chi connectivity index (χ1) is 22.1. The van der Waals surface area contributed by atoms with Crippen molar-refractivity contribution in [2.45, 2.75) is 51.0 Å². The minimum absolute atomic E-state index is 0.0858. The number of allylic oxidation sites excluding steroid dienone is 1. The van der Waals surface area contributed by atoms with Crippen LogP contribution >= 0.6 is 0 Å². The normalized spacial score (nSPS) is 17.2. The zero-order valence-electron chi connectivity index (χ0n) is 25.1. The van der Waals surface area contributed by atoms with E-state index in [4.69, 9.17) is 19.2 Å². The number of carbonyl (C=O) groups is 2. The van der Waals surface area contributed by atoms with E-state index in [1.807, 2.05) is 72.8 Å². The third kappa shape index (κ3) is 8.08. The summed E-state index contributed by atoms with van der Waals surface area (Å²) < 4.78 is 17.1. The molecule has 0 spiro atoms. The summed E-state index contributed by atoms with van der Waals surface area (Å²) in [6.07, 6.45) is 8.63. The van der Waals surface area contributed by atoms with Gasteiger partial charge in [-0.15, -0.1) is 0 Å². The van der Waals surface area contributed by atoms with Crippen LogP contribution in [0.5, 0.6) is 0 Å². The highest BCUT2D eigenvalue weighted by atomic mass is 16.6. The molecule has 10 nitrogen and oxygen atoms in total. The lowest BCUT2D eigenvalue weighted by Gasteiger charge is -2.29. The number of aryl methyl sites for hydroxylation is 1. The Morgan fingerprint density at radius 3 is 2.51 bits per heavy atom. The summed E-state index contributed by atoms with van der Waals surface area (Å²) >= 11 is 0. The van der Waals surface area contributed by atoms with Gasteiger partial charge in [-0.25, -0.2) is 14.6 Å². The van der Waals surface area contributed by atoms with Crippen molar-refractivity contribution in [2.24, 2.45) is 5.10 Å². The number of ether oxygens (including phenoxy) is 3. The molecule has 6 rings (SSSR count). The SMILES string of the molecule is O=C(NC(CN1N=CC2=CC(OCCc3ccc4c(n3)NCCC4)=CCC21)C(=O)OCc1ccccc1)OCc1ccccc1. The maximum absolute atomic E-state index is 13.2. The molecular formula is C35H37N5O5. The number of hydrogen-bond acceptors (Lipinski definition) is 9. The molecule has 3 heterocycles. The van der Waals surface area contributed by atoms with E-state index in [0.717, 1.165) is 53.4 Å². The Morgan fingerprint density at radius 1 is 0.978 bits per heavy atom. The van der Waals surface area contributed by atoms with Crippen LogP contribution in [0, 0.1) is 0 Å². The van der Waals surface area contributed by atoms with Crippen molar-refractivity contribution in [3.8, 4) is 0 Å². The van der Waals surface area contributed by atoms with Crippen LogP contribution in [0.2, 0.25) is 0 Å². The second kappa shape index (κ2) is 14.6. The van der Waals surface area contributed by atoms with Crippen LogP contribution in [0.25, 0.3) is 0 Å². The monoisotopic (exact) mass is 607 g/mol. The average molecular weight is 608 g/mol. The van der Waals surface area contributed by atoms with Gasteiger partial charge in [0.1, 0.15) is 30.8 Å². The summed E-state index contributed by atoms with van der Waals surface area (Å²) in [5.74, 6) is 1.21. The third-order valence-electron chi connectivity index (χ3n) is 7.91. The number of rotatable bonds is 12. The first kappa shape index (κ1) is 29.9. The molecule has 0 radical (unpaired) electrons. The highest BCUT2D eigenvalue weighted by Gasteiger charge is 2.33. The minimum Gasteiger partial charge on any atom is -0.494 e. The van der Waals surface area contributed by atoms with E-state index in [2.05, 4.69) is 27.9 Å². The average Bonchev–Trinajstić information content (AvgIpc) is 3.48. The number of amides is 1. The molecule has 0 fully saturated rings. The predicted molar refractivity (Wildman–Crippen MR) is 170 cm³/mol. The lowest BCUT2D eigenvalue weighted by Crippen LogP contribution is -2.49. The molecule has 3 aliphatic rings. The van der Waals surface area contributed by atoms with Gasteiger partial charge < -0.3 is 24.8 Å². The maximum atomic E-state index is 13.2. The van der Waals surface area contributed by atoms with Crippen molar-refractivity contribution >= 4 is 24.1 Å². The minimum atomic E-state index is -0.992. The van der Waals surface area contributed by atoms with Crippen molar-refractivity contribution < 1.29 is 23.8 Å². The number of fused-ring (bicyclic) bond motifs is 2. The van der Waals surface area contributed by atoms with E-state index in [-0.39, 0.29) is 25.8 Å². The highest BCUT2D eigenvalue weighted by Crippen LogP contribution is 2.27. The molecule has 2 unspecified atom stereocenters. The summed E-state index contributed by atoms with van der Waals surface area (Å²) in [7, 11) is 0. The molecule has 2 N–H and O–H groups in total. The zero-order valence-corrected chi connectivity index (χ0v) is 25.1. The van der Waals surface area contributed by atoms with Crippen LogP contribution in [-0.4, -0.2) is 60.1 Å². The quantitative estimate of drug-likeness (QED) is 0.279. The number of esters is 1. The van der Waals surface area contributed by atoms with Gasteiger partial charge in [0.05, 0.1) is 25.4 Å². The molecule has 1 aromatic heterocycles. The van der Waals surface area contributed by atoms with Gasteiger partial charge in [0, 0.05) is 24.2 Å². The maximum Gasteiger partial charge on any atom is 0.408 e. The first-order valence-corrected chi connectivity index (χ1v) is 15.4. The number of aromatic nitrogens is 1. The Balaban J connectivity index is 1.03. The van der Waals surface area contributed by atoms with Crippen molar-refractivity contribution in [1.82, 2.24) is 15.3 Å². The van der Waals surface area contributed by atoms with Crippen LogP contribution in [0.4, 0.5) is 10.6 Å². The lowest BCUT2D eigenvalue weighted by molar-refractivity contribution is -0.148. The Hall–Kier alpha value is -5.12. The van der Waals surface area contributed by atoms with E-state index >= 15 is 0 Å². The van der Waals surface area contributed by atoms with Crippen molar-refractivity contribution in [2.75, 3.05) is 25.0 Å². The number of carbonyl (C=O) groups excluding carboxylic acids is 2. The molecule has 0 saturated carbocycles. The van der Waals surface area contributed by atoms with Crippen molar-refractivity contribution in [1.29, 1.82) is 0 Å². The molecule has 0 saturated heterocycles. The van der Waals surface area contributed by atoms with Gasteiger partial charge in [-0.2, -0.15) is 5.10 Å². The summed E-state index contributed by atoms with van der Waals surface area (Å²) in [4.78, 5) is 30.7. The van der Waals surface area contributed by atoms with Gasteiger partial charge in [-0.05, 0) is 54.2 Å². The second-order valence-electron chi connectivity index (χ2n) is 11.2. The second-order valence-corrected chi connectivity index (χ2v) is 11.2. The Kier molecular flexibility index (Phi) is 9.69. The molecule has 1 amide bonds. The topological polar surface area (TPSA) is 114 Å². The summed E-state index contributed by atoms with van der Waals surface area (Å²) in [6, 6.07) is 21.9. The molecule has 45 heavy (non-hydrogen) atoms.